The summed E-state index contributed by atoms with van der Waals surface area (Å²) in [6.45, 7) is 1.66. The Morgan fingerprint density at radius 3 is 2.50 bits per heavy atom. The Balaban J connectivity index is 1.60. The second-order valence-electron chi connectivity index (χ2n) is 5.43. The quantitative estimate of drug-likeness (QED) is 0.693. The van der Waals surface area contributed by atoms with Gasteiger partial charge in [0.2, 0.25) is 5.91 Å². The molecule has 0 heterocycles. The average Bonchev–Trinajstić information content (AvgIpc) is 2.65. The molecule has 1 amide bonds. The molecule has 0 bridgehead atoms. The summed E-state index contributed by atoms with van der Waals surface area (Å²) < 4.78 is 10.7. The normalized spacial score (nSPS) is 11.8. The third kappa shape index (κ3) is 5.68. The molecule has 0 aliphatic rings. The first-order chi connectivity index (χ1) is 11.7. The Morgan fingerprint density at radius 1 is 1.12 bits per heavy atom. The van der Waals surface area contributed by atoms with Crippen LogP contribution in [0.5, 0.6) is 5.75 Å². The summed E-state index contributed by atoms with van der Waals surface area (Å²) in [5.41, 5.74) is 7.83. The minimum Gasteiger partial charge on any atom is -0.497 e. The van der Waals surface area contributed by atoms with Gasteiger partial charge in [-0.05, 0) is 29.7 Å². The van der Waals surface area contributed by atoms with Crippen molar-refractivity contribution >= 4 is 5.91 Å². The minimum atomic E-state index is -0.633. The highest BCUT2D eigenvalue weighted by atomic mass is 16.5. The molecule has 2 rings (SSSR count). The van der Waals surface area contributed by atoms with Gasteiger partial charge in [-0.3, -0.25) is 4.79 Å². The standard InChI is InChI=1S/C19H24N2O3/c1-23-17-10-8-15(9-11-17)14-24-13-5-12-21-19(22)18(20)16-6-3-2-4-7-16/h2-4,6-11,18H,5,12-14,20H2,1H3,(H,21,22). The molecule has 0 aromatic heterocycles. The van der Waals surface area contributed by atoms with E-state index >= 15 is 0 Å². The maximum atomic E-state index is 12.0. The largest absolute Gasteiger partial charge is 0.497 e. The number of benzene rings is 2. The molecule has 0 saturated heterocycles. The van der Waals surface area contributed by atoms with Crippen molar-refractivity contribution in [1.29, 1.82) is 0 Å². The monoisotopic (exact) mass is 328 g/mol. The molecule has 3 N–H and O–H groups in total. The molecule has 0 aliphatic heterocycles. The van der Waals surface area contributed by atoms with Gasteiger partial charge in [0.25, 0.3) is 0 Å². The van der Waals surface area contributed by atoms with Crippen LogP contribution < -0.4 is 15.8 Å². The van der Waals surface area contributed by atoms with Crippen LogP contribution in [0, 0.1) is 0 Å². The highest BCUT2D eigenvalue weighted by Gasteiger charge is 2.14. The van der Waals surface area contributed by atoms with Crippen molar-refractivity contribution in [1.82, 2.24) is 5.32 Å². The van der Waals surface area contributed by atoms with E-state index in [4.69, 9.17) is 15.2 Å². The van der Waals surface area contributed by atoms with Crippen LogP contribution in [0.1, 0.15) is 23.6 Å². The van der Waals surface area contributed by atoms with Gasteiger partial charge in [-0.1, -0.05) is 42.5 Å². The van der Waals surface area contributed by atoms with Crippen LogP contribution in [0.25, 0.3) is 0 Å². The van der Waals surface area contributed by atoms with E-state index in [2.05, 4.69) is 5.32 Å². The lowest BCUT2D eigenvalue weighted by Crippen LogP contribution is -2.34. The maximum absolute atomic E-state index is 12.0. The van der Waals surface area contributed by atoms with Crippen molar-refractivity contribution in [3.05, 3.63) is 65.7 Å². The van der Waals surface area contributed by atoms with Crippen molar-refractivity contribution in [2.75, 3.05) is 20.3 Å². The van der Waals surface area contributed by atoms with Gasteiger partial charge in [-0.15, -0.1) is 0 Å². The first-order valence-corrected chi connectivity index (χ1v) is 7.99. The van der Waals surface area contributed by atoms with E-state index < -0.39 is 6.04 Å². The molecule has 5 heteroatoms. The molecule has 1 unspecified atom stereocenters. The fourth-order valence-corrected chi connectivity index (χ4v) is 2.22. The number of ether oxygens (including phenoxy) is 2. The fraction of sp³-hybridized carbons (Fsp3) is 0.316. The SMILES string of the molecule is COc1ccc(COCCCNC(=O)C(N)c2ccccc2)cc1. The van der Waals surface area contributed by atoms with Crippen LogP contribution in [-0.4, -0.2) is 26.2 Å². The van der Waals surface area contributed by atoms with E-state index in [1.807, 2.05) is 54.6 Å². The molecule has 0 saturated carbocycles. The molecule has 5 nitrogen and oxygen atoms in total. The van der Waals surface area contributed by atoms with E-state index in [1.54, 1.807) is 7.11 Å². The number of amides is 1. The summed E-state index contributed by atoms with van der Waals surface area (Å²) in [7, 11) is 1.64. The molecule has 2 aromatic rings. The highest BCUT2D eigenvalue weighted by Crippen LogP contribution is 2.12. The van der Waals surface area contributed by atoms with Crippen molar-refractivity contribution in [2.24, 2.45) is 5.73 Å². The minimum absolute atomic E-state index is 0.170. The third-order valence-electron chi connectivity index (χ3n) is 3.63. The van der Waals surface area contributed by atoms with Crippen LogP contribution in [0.15, 0.2) is 54.6 Å². The van der Waals surface area contributed by atoms with Gasteiger partial charge in [0.05, 0.1) is 13.7 Å². The van der Waals surface area contributed by atoms with E-state index in [1.165, 1.54) is 0 Å². The van der Waals surface area contributed by atoms with Crippen LogP contribution in [0.3, 0.4) is 0 Å². The van der Waals surface area contributed by atoms with E-state index in [0.29, 0.717) is 19.8 Å². The van der Waals surface area contributed by atoms with Gasteiger partial charge >= 0.3 is 0 Å². The maximum Gasteiger partial charge on any atom is 0.241 e. The number of hydrogen-bond acceptors (Lipinski definition) is 4. The number of nitrogens with two attached hydrogens (primary N) is 1. The lowest BCUT2D eigenvalue weighted by Gasteiger charge is -2.12. The second kappa shape index (κ2) is 9.70. The number of carbonyl (C=O) groups excluding carboxylic acids is 1. The first kappa shape index (κ1) is 18.0. The number of hydrogen-bond donors (Lipinski definition) is 2. The zero-order valence-electron chi connectivity index (χ0n) is 13.9. The summed E-state index contributed by atoms with van der Waals surface area (Å²) >= 11 is 0. The summed E-state index contributed by atoms with van der Waals surface area (Å²) in [4.78, 5) is 12.0. The van der Waals surface area contributed by atoms with Crippen LogP contribution in [-0.2, 0) is 16.1 Å². The van der Waals surface area contributed by atoms with Crippen molar-refractivity contribution < 1.29 is 14.3 Å². The van der Waals surface area contributed by atoms with E-state index in [9.17, 15) is 4.79 Å². The predicted octanol–water partition coefficient (Wildman–Crippen LogP) is 2.42. The molecule has 0 spiro atoms. The van der Waals surface area contributed by atoms with Gasteiger partial charge in [0.15, 0.2) is 0 Å². The molecule has 1 atom stereocenters. The molecule has 0 fully saturated rings. The van der Waals surface area contributed by atoms with Crippen LogP contribution >= 0.6 is 0 Å². The number of rotatable bonds is 9. The van der Waals surface area contributed by atoms with Gasteiger partial charge in [-0.2, -0.15) is 0 Å². The van der Waals surface area contributed by atoms with Gasteiger partial charge in [-0.25, -0.2) is 0 Å². The van der Waals surface area contributed by atoms with Gasteiger partial charge in [0, 0.05) is 13.2 Å². The second-order valence-corrected chi connectivity index (χ2v) is 5.43. The summed E-state index contributed by atoms with van der Waals surface area (Å²) in [5, 5.41) is 2.83. The molecule has 2 aromatic carbocycles. The third-order valence-corrected chi connectivity index (χ3v) is 3.63. The smallest absolute Gasteiger partial charge is 0.241 e. The molecule has 128 valence electrons. The first-order valence-electron chi connectivity index (χ1n) is 7.99. The van der Waals surface area contributed by atoms with Crippen molar-refractivity contribution in [3.63, 3.8) is 0 Å². The van der Waals surface area contributed by atoms with Crippen LogP contribution in [0.2, 0.25) is 0 Å². The Labute approximate surface area is 142 Å². The van der Waals surface area contributed by atoms with Crippen molar-refractivity contribution in [3.8, 4) is 5.75 Å². The zero-order valence-corrected chi connectivity index (χ0v) is 13.9. The predicted molar refractivity (Wildman–Crippen MR) is 93.6 cm³/mol. The summed E-state index contributed by atoms with van der Waals surface area (Å²) in [6, 6.07) is 16.5. The Bertz CT molecular complexity index is 614. The molecule has 24 heavy (non-hydrogen) atoms. The van der Waals surface area contributed by atoms with Gasteiger partial charge in [0.1, 0.15) is 11.8 Å². The van der Waals surface area contributed by atoms with Gasteiger partial charge < -0.3 is 20.5 Å². The summed E-state index contributed by atoms with van der Waals surface area (Å²) in [5.74, 6) is 0.660. The Hall–Kier alpha value is -2.37. The van der Waals surface area contributed by atoms with E-state index in [0.717, 1.165) is 23.3 Å². The zero-order chi connectivity index (χ0) is 17.2. The number of methoxy groups -OCH3 is 1. The van der Waals surface area contributed by atoms with E-state index in [-0.39, 0.29) is 5.91 Å². The number of nitrogens with one attached hydrogen (secondary N) is 1. The molecular formula is C19H24N2O3. The Morgan fingerprint density at radius 2 is 1.83 bits per heavy atom. The number of carbonyl (C=O) groups is 1. The van der Waals surface area contributed by atoms with Crippen molar-refractivity contribution in [2.45, 2.75) is 19.1 Å². The Kier molecular flexibility index (Phi) is 7.26. The molecule has 0 aliphatic carbocycles. The molecule has 0 radical (unpaired) electrons. The highest BCUT2D eigenvalue weighted by molar-refractivity contribution is 5.82. The lowest BCUT2D eigenvalue weighted by atomic mass is 10.1. The fourth-order valence-electron chi connectivity index (χ4n) is 2.22. The van der Waals surface area contributed by atoms with Crippen LogP contribution in [0.4, 0.5) is 0 Å². The topological polar surface area (TPSA) is 73.6 Å². The lowest BCUT2D eigenvalue weighted by molar-refractivity contribution is -0.122. The molecular weight excluding hydrogens is 304 g/mol. The summed E-state index contributed by atoms with van der Waals surface area (Å²) in [6.07, 6.45) is 0.739. The average molecular weight is 328 g/mol.